The summed E-state index contributed by atoms with van der Waals surface area (Å²) < 4.78 is 350. The third-order valence-corrected chi connectivity index (χ3v) is 12.0. The molecule has 0 aliphatic carbocycles. The summed E-state index contributed by atoms with van der Waals surface area (Å²) in [4.78, 5) is 4.15. The molecule has 0 saturated heterocycles. The van der Waals surface area contributed by atoms with Crippen LogP contribution in [0.3, 0.4) is 0 Å². The zero-order valence-corrected chi connectivity index (χ0v) is 39.5. The number of benzene rings is 6. The van der Waals surface area contributed by atoms with Crippen LogP contribution in [0.25, 0.3) is 0 Å². The van der Waals surface area contributed by atoms with E-state index in [0.717, 1.165) is 16.8 Å². The molecule has 0 aliphatic rings. The average molecular weight is 1210 g/mol. The molecule has 0 N–H and O–H groups in total. The fourth-order valence-corrected chi connectivity index (χ4v) is 8.33. The predicted octanol–water partition coefficient (Wildman–Crippen LogP) is 15.2. The van der Waals surface area contributed by atoms with Crippen molar-refractivity contribution >= 4 is 43.9 Å². The van der Waals surface area contributed by atoms with Crippen molar-refractivity contribution in [2.45, 2.75) is 56.0 Å². The van der Waals surface area contributed by atoms with Crippen LogP contribution in [0.15, 0.2) is 150 Å². The minimum Gasteiger partial charge on any atom is -0.404 e. The van der Waals surface area contributed by atoms with E-state index in [1.807, 2.05) is 53.2 Å². The monoisotopic (exact) mass is 1200 g/mol. The first-order chi connectivity index (χ1) is 35.6. The molecular weight excluding hydrogens is 1180 g/mol. The second-order valence-electron chi connectivity index (χ2n) is 16.8. The number of alkyl halides is 24. The van der Waals surface area contributed by atoms with Crippen LogP contribution in [-0.2, 0) is 56.0 Å². The molecule has 0 amide bonds. The van der Waals surface area contributed by atoms with Gasteiger partial charge in [0.1, 0.15) is 18.1 Å². The molecule has 416 valence electrons. The highest BCUT2D eigenvalue weighted by molar-refractivity contribution is 9.10. The van der Waals surface area contributed by atoms with E-state index in [1.54, 1.807) is 12.4 Å². The molecule has 0 unspecified atom stereocenters. The van der Waals surface area contributed by atoms with Gasteiger partial charge in [0.15, 0.2) is 12.7 Å². The number of hydrogen-bond donors (Lipinski definition) is 0. The lowest BCUT2D eigenvalue weighted by molar-refractivity contribution is -0.692. The van der Waals surface area contributed by atoms with E-state index >= 15 is 0 Å². The lowest BCUT2D eigenvalue weighted by atomic mass is 9.12. The largest absolute Gasteiger partial charge is 0.416 e. The van der Waals surface area contributed by atoms with Gasteiger partial charge in [-0.3, -0.25) is 0 Å². The number of halogens is 25. The number of hydrogen-bond acceptors (Lipinski definition) is 2. The fourth-order valence-electron chi connectivity index (χ4n) is 8.06. The first kappa shape index (κ1) is 60.3. The maximum Gasteiger partial charge on any atom is 0.416 e. The minimum atomic E-state index is -6.13. The van der Waals surface area contributed by atoms with Crippen molar-refractivity contribution in [1.82, 2.24) is 4.98 Å². The normalized spacial score (nSPS) is 13.2. The molecule has 78 heavy (non-hydrogen) atoms. The molecule has 7 rings (SSSR count). The van der Waals surface area contributed by atoms with E-state index in [4.69, 9.17) is 4.74 Å². The third-order valence-electron chi connectivity index (χ3n) is 11.5. The molecular formula is C49H26BBrF24N2O. The Morgan fingerprint density at radius 2 is 0.667 bits per heavy atom. The highest BCUT2D eigenvalue weighted by atomic mass is 79.9. The van der Waals surface area contributed by atoms with Crippen LogP contribution >= 0.6 is 15.9 Å². The third kappa shape index (κ3) is 14.2. The molecule has 7 aromatic rings. The summed E-state index contributed by atoms with van der Waals surface area (Å²) in [6, 6.07) is 9.20. The van der Waals surface area contributed by atoms with Crippen LogP contribution in [0.2, 0.25) is 0 Å². The van der Waals surface area contributed by atoms with Crippen LogP contribution in [-0.4, -0.2) is 11.1 Å². The molecule has 0 bridgehead atoms. The van der Waals surface area contributed by atoms with Crippen LogP contribution in [0, 0.1) is 0 Å². The van der Waals surface area contributed by atoms with Crippen molar-refractivity contribution in [2.24, 2.45) is 0 Å². The van der Waals surface area contributed by atoms with Crippen LogP contribution in [0.4, 0.5) is 105 Å². The first-order valence-corrected chi connectivity index (χ1v) is 22.0. The zero-order chi connectivity index (χ0) is 58.4. The Labute approximate surface area is 430 Å². The van der Waals surface area contributed by atoms with Gasteiger partial charge in [-0.25, -0.2) is 4.98 Å². The molecule has 3 nitrogen and oxygen atoms in total. The Balaban J connectivity index is 0.000000387. The average Bonchev–Trinajstić information content (AvgIpc) is 3.44. The topological polar surface area (TPSA) is 26.0 Å². The molecule has 0 spiro atoms. The molecule has 0 aliphatic heterocycles. The summed E-state index contributed by atoms with van der Waals surface area (Å²) in [5, 5.41) is 0. The van der Waals surface area contributed by atoms with Gasteiger partial charge in [0.2, 0.25) is 0 Å². The maximum absolute atomic E-state index is 14.2. The lowest BCUT2D eigenvalue weighted by Gasteiger charge is -2.46. The van der Waals surface area contributed by atoms with Crippen molar-refractivity contribution in [3.05, 3.63) is 201 Å². The molecule has 1 heterocycles. The highest BCUT2D eigenvalue weighted by Gasteiger charge is 2.47. The smallest absolute Gasteiger partial charge is 0.404 e. The van der Waals surface area contributed by atoms with Crippen LogP contribution < -0.4 is 31.2 Å². The zero-order valence-electron chi connectivity index (χ0n) is 37.9. The van der Waals surface area contributed by atoms with Gasteiger partial charge in [0, 0.05) is 10.0 Å². The SMILES string of the molecule is Brc1ccc(Oc2cncc[n+]2Cc2ccccc2)cc1.FC(F)(F)c1cc([B-](c2cc(C(F)(F)F)cc(C(F)(F)F)c2)(c2cc(C(F)(F)F)cc(C(F)(F)F)c2)c2cc(C(F)(F)F)cc(C(F)(F)F)c2)cc(C(F)(F)F)c1. The van der Waals surface area contributed by atoms with E-state index in [-0.39, 0.29) is 0 Å². The van der Waals surface area contributed by atoms with Gasteiger partial charge in [-0.2, -0.15) is 132 Å². The summed E-state index contributed by atoms with van der Waals surface area (Å²) in [6.07, 6.45) is -49.4. The number of rotatable bonds is 8. The molecule has 29 heteroatoms. The summed E-state index contributed by atoms with van der Waals surface area (Å²) in [6.45, 7) is 0.745. The number of aromatic nitrogens is 2. The minimum absolute atomic E-state index is 0.691. The van der Waals surface area contributed by atoms with Gasteiger partial charge >= 0.3 is 55.3 Å². The van der Waals surface area contributed by atoms with Gasteiger partial charge in [-0.1, -0.05) is 94.8 Å². The standard InChI is InChI=1S/C32H12BF24.C17H14BrN2O/c34-25(35,36)13-1-14(26(37,38)39)6-21(5-13)33(22-7-15(27(40,41)42)2-16(8-22)28(43,44)45,23-9-17(29(46,47)48)3-18(10-23)30(49,50)51)24-11-19(31(52,53)54)4-20(12-24)32(55,56)57;18-15-6-8-16(9-7-15)21-17-12-19-10-11-20(17)13-14-4-2-1-3-5-14/h1-12H;1-12H,13H2/q-1;+1. The van der Waals surface area contributed by atoms with Gasteiger partial charge in [-0.15, -0.1) is 0 Å². The Kier molecular flexibility index (Phi) is 16.5. The second kappa shape index (κ2) is 21.4. The molecule has 1 aromatic heterocycles. The number of ether oxygens (including phenoxy) is 1. The summed E-state index contributed by atoms with van der Waals surface area (Å²) >= 11 is 3.42. The van der Waals surface area contributed by atoms with Gasteiger partial charge in [0.25, 0.3) is 0 Å². The van der Waals surface area contributed by atoms with E-state index in [0.29, 0.717) is 5.88 Å². The quantitative estimate of drug-likeness (QED) is 0.0861. The van der Waals surface area contributed by atoms with Gasteiger partial charge in [-0.05, 0) is 48.5 Å². The van der Waals surface area contributed by atoms with Crippen molar-refractivity contribution < 1.29 is 115 Å². The number of nitrogens with zero attached hydrogens (tertiary/aromatic N) is 2. The van der Waals surface area contributed by atoms with E-state index in [2.05, 4.69) is 33.0 Å². The Morgan fingerprint density at radius 3 is 0.936 bits per heavy atom. The summed E-state index contributed by atoms with van der Waals surface area (Å²) in [7, 11) is 0. The summed E-state index contributed by atoms with van der Waals surface area (Å²) in [5.74, 6) is 1.50. The molecule has 0 fully saturated rings. The van der Waals surface area contributed by atoms with Gasteiger partial charge in [0.05, 0.1) is 50.7 Å². The van der Waals surface area contributed by atoms with E-state index in [9.17, 15) is 105 Å². The second-order valence-corrected chi connectivity index (χ2v) is 17.7. The lowest BCUT2D eigenvalue weighted by Crippen LogP contribution is -2.75. The van der Waals surface area contributed by atoms with Crippen molar-refractivity contribution in [1.29, 1.82) is 0 Å². The Bertz CT molecular complexity index is 2810. The van der Waals surface area contributed by atoms with Crippen LogP contribution in [0.1, 0.15) is 50.1 Å². The highest BCUT2D eigenvalue weighted by Crippen LogP contribution is 2.41. The molecule has 6 aromatic carbocycles. The van der Waals surface area contributed by atoms with Crippen molar-refractivity contribution in [2.75, 3.05) is 0 Å². The fraction of sp³-hybridized carbons (Fsp3) is 0.184. The maximum atomic E-state index is 14.2. The predicted molar refractivity (Wildman–Crippen MR) is 234 cm³/mol. The van der Waals surface area contributed by atoms with Crippen molar-refractivity contribution in [3.8, 4) is 11.6 Å². The van der Waals surface area contributed by atoms with Gasteiger partial charge < -0.3 is 4.74 Å². The molecule has 0 radical (unpaired) electrons. The Hall–Kier alpha value is -6.94. The molecule has 0 atom stereocenters. The van der Waals surface area contributed by atoms with Crippen LogP contribution in [0.5, 0.6) is 11.6 Å². The molecule has 0 saturated carbocycles. The Morgan fingerprint density at radius 1 is 0.385 bits per heavy atom. The van der Waals surface area contributed by atoms with Crippen molar-refractivity contribution in [3.63, 3.8) is 0 Å². The first-order valence-electron chi connectivity index (χ1n) is 21.2. The van der Waals surface area contributed by atoms with E-state index in [1.165, 1.54) is 5.56 Å². The van der Waals surface area contributed by atoms with E-state index < -0.39 is 195 Å². The summed E-state index contributed by atoms with van der Waals surface area (Å²) in [5.41, 5.74) is -29.0.